The second kappa shape index (κ2) is 4.00. The van der Waals surface area contributed by atoms with Gasteiger partial charge in [0.1, 0.15) is 6.34 Å². The van der Waals surface area contributed by atoms with Gasteiger partial charge in [0.15, 0.2) is 0 Å². The van der Waals surface area contributed by atoms with E-state index >= 15 is 0 Å². The van der Waals surface area contributed by atoms with Gasteiger partial charge in [0.05, 0.1) is 34.5 Å². The van der Waals surface area contributed by atoms with Crippen LogP contribution < -0.4 is 5.43 Å². The van der Waals surface area contributed by atoms with Crippen LogP contribution in [0.25, 0.3) is 10.2 Å². The zero-order valence-electron chi connectivity index (χ0n) is 9.90. The number of thiazole rings is 1. The summed E-state index contributed by atoms with van der Waals surface area (Å²) in [4.78, 5) is 8.60. The van der Waals surface area contributed by atoms with Gasteiger partial charge in [0.25, 0.3) is 0 Å². The van der Waals surface area contributed by atoms with Gasteiger partial charge in [-0.1, -0.05) is 0 Å². The Labute approximate surface area is 104 Å². The number of hydrogen-bond donors (Lipinski definition) is 1. The van der Waals surface area contributed by atoms with Crippen molar-refractivity contribution in [3.05, 3.63) is 22.7 Å². The number of fused-ring (bicyclic) bond motifs is 1. The molecule has 0 fully saturated rings. The van der Waals surface area contributed by atoms with Crippen molar-refractivity contribution < 1.29 is 0 Å². The highest BCUT2D eigenvalue weighted by atomic mass is 32.1. The van der Waals surface area contributed by atoms with Crippen molar-refractivity contribution >= 4 is 33.6 Å². The van der Waals surface area contributed by atoms with Crippen molar-refractivity contribution in [2.24, 2.45) is 4.99 Å². The Morgan fingerprint density at radius 3 is 3.06 bits per heavy atom. The Morgan fingerprint density at radius 1 is 1.41 bits per heavy atom. The smallest absolute Gasteiger partial charge is 0.104 e. The lowest BCUT2D eigenvalue weighted by atomic mass is 10.1. The highest BCUT2D eigenvalue weighted by Crippen LogP contribution is 2.31. The minimum absolute atomic E-state index is 0.869. The summed E-state index contributed by atoms with van der Waals surface area (Å²) in [6.45, 7) is 6.04. The van der Waals surface area contributed by atoms with Crippen LogP contribution in [0.1, 0.15) is 11.1 Å². The lowest BCUT2D eigenvalue weighted by Crippen LogP contribution is -2.26. The number of nitrogens with zero attached hydrogens (tertiary/aromatic N) is 3. The van der Waals surface area contributed by atoms with Crippen LogP contribution in [-0.2, 0) is 0 Å². The number of hydrogen-bond acceptors (Lipinski definition) is 5. The summed E-state index contributed by atoms with van der Waals surface area (Å²) in [5.41, 5.74) is 10.0. The molecule has 0 spiro atoms. The van der Waals surface area contributed by atoms with E-state index in [-0.39, 0.29) is 0 Å². The molecule has 0 unspecified atom stereocenters. The van der Waals surface area contributed by atoms with E-state index < -0.39 is 0 Å². The molecule has 0 bridgehead atoms. The minimum atomic E-state index is 0.869. The number of hydrazine groups is 1. The molecule has 0 radical (unpaired) electrons. The van der Waals surface area contributed by atoms with Crippen LogP contribution in [0.5, 0.6) is 0 Å². The highest BCUT2D eigenvalue weighted by molar-refractivity contribution is 7.17. The van der Waals surface area contributed by atoms with E-state index in [9.17, 15) is 0 Å². The van der Waals surface area contributed by atoms with Crippen molar-refractivity contribution in [2.45, 2.75) is 13.8 Å². The zero-order chi connectivity index (χ0) is 11.8. The van der Waals surface area contributed by atoms with E-state index in [0.29, 0.717) is 0 Å². The van der Waals surface area contributed by atoms with Crippen molar-refractivity contribution in [2.75, 3.05) is 18.5 Å². The van der Waals surface area contributed by atoms with Gasteiger partial charge in [-0.25, -0.2) is 4.98 Å². The predicted octanol–water partition coefficient (Wildman–Crippen LogP) is 2.58. The monoisotopic (exact) mass is 246 g/mol. The molecule has 1 aromatic heterocycles. The molecule has 0 aliphatic carbocycles. The number of aromatic nitrogens is 1. The van der Waals surface area contributed by atoms with Crippen LogP contribution in [0.3, 0.4) is 0 Å². The maximum atomic E-state index is 4.40. The minimum Gasteiger partial charge on any atom is -0.297 e. The first-order valence-electron chi connectivity index (χ1n) is 5.62. The van der Waals surface area contributed by atoms with E-state index in [1.165, 1.54) is 15.8 Å². The number of nitrogens with one attached hydrogen (secondary N) is 1. The first kappa shape index (κ1) is 10.5. The molecule has 4 nitrogen and oxygen atoms in total. The highest BCUT2D eigenvalue weighted by Gasteiger charge is 2.12. The van der Waals surface area contributed by atoms with Gasteiger partial charge < -0.3 is 0 Å². The molecule has 1 N–H and O–H groups in total. The van der Waals surface area contributed by atoms with Crippen LogP contribution in [0.4, 0.5) is 5.69 Å². The fourth-order valence-corrected chi connectivity index (χ4v) is 2.92. The SMILES string of the molecule is Cc1cc(NN2C=NCC2)c(C)c2scnc12. The van der Waals surface area contributed by atoms with Gasteiger partial charge in [-0.05, 0) is 31.0 Å². The van der Waals surface area contributed by atoms with Crippen LogP contribution in [0, 0.1) is 13.8 Å². The molecule has 2 heterocycles. The summed E-state index contributed by atoms with van der Waals surface area (Å²) in [5, 5.41) is 2.02. The van der Waals surface area contributed by atoms with Gasteiger partial charge in [-0.3, -0.25) is 15.4 Å². The molecule has 2 aromatic rings. The second-order valence-corrected chi connectivity index (χ2v) is 5.08. The molecule has 1 aromatic carbocycles. The molecule has 0 atom stereocenters. The topological polar surface area (TPSA) is 40.5 Å². The van der Waals surface area contributed by atoms with Crippen LogP contribution in [-0.4, -0.2) is 29.4 Å². The summed E-state index contributed by atoms with van der Waals surface area (Å²) in [5.74, 6) is 0. The number of aliphatic imine (C=N–C) groups is 1. The van der Waals surface area contributed by atoms with Gasteiger partial charge in [0.2, 0.25) is 0 Å². The van der Waals surface area contributed by atoms with Gasteiger partial charge in [-0.2, -0.15) is 0 Å². The molecule has 0 saturated carbocycles. The summed E-state index contributed by atoms with van der Waals surface area (Å²) in [7, 11) is 0. The summed E-state index contributed by atoms with van der Waals surface area (Å²) in [6, 6.07) is 2.16. The van der Waals surface area contributed by atoms with E-state index in [1.54, 1.807) is 11.3 Å². The summed E-state index contributed by atoms with van der Waals surface area (Å²) >= 11 is 1.70. The molecule has 0 saturated heterocycles. The fraction of sp³-hybridized carbons (Fsp3) is 0.333. The molecule has 1 aliphatic rings. The molecule has 0 amide bonds. The summed E-state index contributed by atoms with van der Waals surface area (Å²) < 4.78 is 1.27. The van der Waals surface area contributed by atoms with Gasteiger partial charge in [-0.15, -0.1) is 11.3 Å². The normalized spacial score (nSPS) is 14.8. The Kier molecular flexibility index (Phi) is 2.48. The molecule has 1 aliphatic heterocycles. The quantitative estimate of drug-likeness (QED) is 0.885. The first-order chi connectivity index (χ1) is 8.25. The first-order valence-corrected chi connectivity index (χ1v) is 6.50. The molecule has 5 heteroatoms. The van der Waals surface area contributed by atoms with Crippen molar-refractivity contribution in [1.82, 2.24) is 9.99 Å². The molecule has 3 rings (SSSR count). The Hall–Kier alpha value is -1.62. The third kappa shape index (κ3) is 1.76. The Bertz CT molecular complexity index is 587. The maximum Gasteiger partial charge on any atom is 0.104 e. The maximum absolute atomic E-state index is 4.40. The molecular formula is C12H14N4S. The van der Waals surface area contributed by atoms with E-state index in [2.05, 4.69) is 35.3 Å². The molecule has 88 valence electrons. The van der Waals surface area contributed by atoms with Crippen molar-refractivity contribution in [3.63, 3.8) is 0 Å². The predicted molar refractivity (Wildman–Crippen MR) is 72.8 cm³/mol. The Balaban J connectivity index is 2.03. The Morgan fingerprint density at radius 2 is 2.29 bits per heavy atom. The van der Waals surface area contributed by atoms with Crippen molar-refractivity contribution in [1.29, 1.82) is 0 Å². The number of benzene rings is 1. The lowest BCUT2D eigenvalue weighted by molar-refractivity contribution is 0.557. The van der Waals surface area contributed by atoms with Gasteiger partial charge in [0, 0.05) is 0 Å². The number of anilines is 1. The molecular weight excluding hydrogens is 232 g/mol. The number of aryl methyl sites for hydroxylation is 2. The zero-order valence-corrected chi connectivity index (χ0v) is 10.7. The third-order valence-corrected chi connectivity index (χ3v) is 3.95. The average molecular weight is 246 g/mol. The average Bonchev–Trinajstić information content (AvgIpc) is 2.96. The fourth-order valence-electron chi connectivity index (χ4n) is 2.04. The van der Waals surface area contributed by atoms with Crippen LogP contribution in [0.2, 0.25) is 0 Å². The third-order valence-electron chi connectivity index (χ3n) is 3.00. The van der Waals surface area contributed by atoms with E-state index in [1.807, 2.05) is 16.9 Å². The number of rotatable bonds is 2. The van der Waals surface area contributed by atoms with Crippen LogP contribution in [0.15, 0.2) is 16.6 Å². The standard InChI is InChI=1S/C12H14N4S/c1-8-5-10(15-16-4-3-13-6-16)9(2)12-11(8)14-7-17-12/h5-7,15H,3-4H2,1-2H3. The van der Waals surface area contributed by atoms with E-state index in [0.717, 1.165) is 24.3 Å². The molecule has 17 heavy (non-hydrogen) atoms. The largest absolute Gasteiger partial charge is 0.297 e. The lowest BCUT2D eigenvalue weighted by Gasteiger charge is -2.19. The van der Waals surface area contributed by atoms with Gasteiger partial charge >= 0.3 is 0 Å². The van der Waals surface area contributed by atoms with Crippen LogP contribution >= 0.6 is 11.3 Å². The second-order valence-electron chi connectivity index (χ2n) is 4.22. The summed E-state index contributed by atoms with van der Waals surface area (Å²) in [6.07, 6.45) is 1.85. The van der Waals surface area contributed by atoms with E-state index in [4.69, 9.17) is 0 Å². The van der Waals surface area contributed by atoms with Crippen molar-refractivity contribution in [3.8, 4) is 0 Å².